The van der Waals surface area contributed by atoms with Crippen LogP contribution in [0.25, 0.3) is 5.70 Å². The maximum atomic E-state index is 6.61. The number of nitrogens with two attached hydrogens (primary N) is 2. The van der Waals surface area contributed by atoms with Crippen LogP contribution in [0.1, 0.15) is 136 Å². The summed E-state index contributed by atoms with van der Waals surface area (Å²) in [5, 5.41) is 1.75. The average molecular weight is 790 g/mol. The molecule has 0 aliphatic heterocycles. The molecule has 2 aliphatic carbocycles. The summed E-state index contributed by atoms with van der Waals surface area (Å²) in [7, 11) is 0. The summed E-state index contributed by atoms with van der Waals surface area (Å²) in [4.78, 5) is 6.87. The van der Waals surface area contributed by atoms with Gasteiger partial charge in [0, 0.05) is 43.8 Å². The predicted molar refractivity (Wildman–Crippen MR) is 251 cm³/mol. The lowest BCUT2D eigenvalue weighted by Gasteiger charge is -2.40. The number of aromatic nitrogens is 1. The topological polar surface area (TPSA) is 71.4 Å². The number of hydrogen-bond acceptors (Lipinski definition) is 5. The third-order valence-corrected chi connectivity index (χ3v) is 14.4. The number of benzene rings is 1. The van der Waals surface area contributed by atoms with Gasteiger partial charge in [0.15, 0.2) is 0 Å². The highest BCUT2D eigenvalue weighted by Gasteiger charge is 2.34. The summed E-state index contributed by atoms with van der Waals surface area (Å²) in [6, 6.07) is 12.9. The zero-order valence-corrected chi connectivity index (χ0v) is 38.1. The van der Waals surface area contributed by atoms with Crippen LogP contribution in [0.2, 0.25) is 0 Å². The van der Waals surface area contributed by atoms with Gasteiger partial charge < -0.3 is 10.7 Å². The molecule has 1 aromatic carbocycles. The molecule has 1 heterocycles. The molecular weight excluding hydrogens is 707 g/mol. The number of pyridine rings is 1. The van der Waals surface area contributed by atoms with Gasteiger partial charge in [-0.25, -0.2) is 5.84 Å². The standard InChI is InChI=1S/C53H83N5/c1-11-48-30-39(4)15-19-41(6)45(10)33-50(52(34-47-24-21-42(7)44(9)32-47)43(8)20-16-40(5)31-49(48)12-2)25-27-57(36-46-22-17-38(3)18-23-46)28-29-58(55)37-53(54)51-14-13-26-56-35-51/h13-15,17-19,22-23,26,30,35,37,42-45,47-50,52H,5-6,11-12,16,20-21,24-25,27-29,31-34,36,54-55H2,1-4,7-10H3/b19-15+,39-30+,53-37-/t42?,43-,44-,45+,47-,48-,49-,50-,52?/m0/s1. The zero-order valence-electron chi connectivity index (χ0n) is 38.1. The molecule has 0 bridgehead atoms. The summed E-state index contributed by atoms with van der Waals surface area (Å²) in [6.07, 6.45) is 26.3. The Morgan fingerprint density at radius 1 is 0.862 bits per heavy atom. The molecule has 1 fully saturated rings. The lowest BCUT2D eigenvalue weighted by atomic mass is 9.66. The van der Waals surface area contributed by atoms with Gasteiger partial charge in [0.2, 0.25) is 0 Å². The van der Waals surface area contributed by atoms with Crippen molar-refractivity contribution >= 4 is 5.70 Å². The zero-order chi connectivity index (χ0) is 42.2. The minimum absolute atomic E-state index is 0.410. The highest BCUT2D eigenvalue weighted by Crippen LogP contribution is 2.44. The van der Waals surface area contributed by atoms with Gasteiger partial charge >= 0.3 is 0 Å². The molecule has 4 rings (SSSR count). The van der Waals surface area contributed by atoms with E-state index < -0.39 is 0 Å². The average Bonchev–Trinajstić information content (AvgIpc) is 3.21. The van der Waals surface area contributed by atoms with E-state index in [1.807, 2.05) is 18.3 Å². The molecule has 2 aliphatic rings. The van der Waals surface area contributed by atoms with Crippen molar-refractivity contribution in [1.82, 2.24) is 14.9 Å². The molecule has 0 radical (unpaired) electrons. The smallest absolute Gasteiger partial charge is 0.0579 e. The van der Waals surface area contributed by atoms with E-state index in [1.54, 1.807) is 17.4 Å². The van der Waals surface area contributed by atoms with Gasteiger partial charge in [0.25, 0.3) is 0 Å². The number of allylic oxidation sites excluding steroid dienone is 6. The second kappa shape index (κ2) is 24.0. The molecule has 1 aromatic heterocycles. The van der Waals surface area contributed by atoms with Crippen LogP contribution in [0.5, 0.6) is 0 Å². The van der Waals surface area contributed by atoms with Crippen LogP contribution in [0.4, 0.5) is 0 Å². The number of aryl methyl sites for hydroxylation is 1. The summed E-state index contributed by atoms with van der Waals surface area (Å²) in [5.74, 6) is 12.6. The second-order valence-electron chi connectivity index (χ2n) is 19.1. The Labute approximate surface area is 356 Å². The third-order valence-electron chi connectivity index (χ3n) is 14.4. The number of hydrogen-bond donors (Lipinski definition) is 2. The van der Waals surface area contributed by atoms with Gasteiger partial charge in [-0.15, -0.1) is 0 Å². The summed E-state index contributed by atoms with van der Waals surface area (Å²) < 4.78 is 0. The van der Waals surface area contributed by atoms with Crippen LogP contribution >= 0.6 is 0 Å². The van der Waals surface area contributed by atoms with Crippen LogP contribution in [-0.4, -0.2) is 34.5 Å². The molecule has 2 unspecified atom stereocenters. The molecule has 320 valence electrons. The largest absolute Gasteiger partial charge is 0.397 e. The van der Waals surface area contributed by atoms with Crippen molar-refractivity contribution in [3.8, 4) is 0 Å². The molecule has 0 spiro atoms. The van der Waals surface area contributed by atoms with Gasteiger partial charge in [-0.1, -0.05) is 139 Å². The maximum Gasteiger partial charge on any atom is 0.0579 e. The summed E-state index contributed by atoms with van der Waals surface area (Å²) in [5.41, 5.74) is 14.7. The van der Waals surface area contributed by atoms with E-state index in [-0.39, 0.29) is 0 Å². The van der Waals surface area contributed by atoms with Crippen LogP contribution in [0.15, 0.2) is 103 Å². The maximum absolute atomic E-state index is 6.61. The second-order valence-corrected chi connectivity index (χ2v) is 19.1. The predicted octanol–water partition coefficient (Wildman–Crippen LogP) is 12.9. The number of nitrogens with zero attached hydrogens (tertiary/aromatic N) is 3. The molecule has 4 N–H and O–H groups in total. The Morgan fingerprint density at radius 3 is 2.29 bits per heavy atom. The molecule has 0 saturated heterocycles. The van der Waals surface area contributed by atoms with Crippen LogP contribution in [-0.2, 0) is 6.54 Å². The molecule has 2 aromatic rings. The van der Waals surface area contributed by atoms with Gasteiger partial charge in [-0.3, -0.25) is 9.88 Å². The fourth-order valence-electron chi connectivity index (χ4n) is 10.0. The Morgan fingerprint density at radius 2 is 1.62 bits per heavy atom. The van der Waals surface area contributed by atoms with Gasteiger partial charge in [0.05, 0.1) is 5.70 Å². The van der Waals surface area contributed by atoms with E-state index in [4.69, 9.17) is 24.7 Å². The first-order valence-corrected chi connectivity index (χ1v) is 23.1. The van der Waals surface area contributed by atoms with Crippen molar-refractivity contribution in [2.45, 2.75) is 133 Å². The number of rotatable bonds is 14. The normalized spacial score (nSPS) is 29.9. The molecule has 9 atom stereocenters. The van der Waals surface area contributed by atoms with E-state index in [2.05, 4.69) is 108 Å². The molecule has 1 saturated carbocycles. The first kappa shape index (κ1) is 47.3. The van der Waals surface area contributed by atoms with E-state index in [0.29, 0.717) is 47.7 Å². The Hall–Kier alpha value is -3.41. The van der Waals surface area contributed by atoms with Crippen LogP contribution < -0.4 is 11.6 Å². The molecule has 58 heavy (non-hydrogen) atoms. The van der Waals surface area contributed by atoms with E-state index in [9.17, 15) is 0 Å². The molecule has 0 amide bonds. The summed E-state index contributed by atoms with van der Waals surface area (Å²) in [6.45, 7) is 32.1. The molecule has 5 heteroatoms. The quantitative estimate of drug-likeness (QED) is 0.113. The minimum atomic E-state index is 0.410. The lowest BCUT2D eigenvalue weighted by molar-refractivity contribution is 0.107. The first-order valence-electron chi connectivity index (χ1n) is 23.1. The Balaban J connectivity index is 1.65. The Bertz CT molecular complexity index is 1620. The number of hydrazine groups is 1. The summed E-state index contributed by atoms with van der Waals surface area (Å²) >= 11 is 0. The van der Waals surface area contributed by atoms with Crippen LogP contribution in [0, 0.1) is 60.2 Å². The van der Waals surface area contributed by atoms with E-state index in [1.165, 1.54) is 79.2 Å². The van der Waals surface area contributed by atoms with Crippen molar-refractivity contribution in [3.05, 3.63) is 120 Å². The lowest BCUT2D eigenvalue weighted by Crippen LogP contribution is -2.38. The van der Waals surface area contributed by atoms with E-state index >= 15 is 0 Å². The van der Waals surface area contributed by atoms with Crippen molar-refractivity contribution in [1.29, 1.82) is 0 Å². The van der Waals surface area contributed by atoms with Gasteiger partial charge in [-0.05, 0) is 143 Å². The Kier molecular flexibility index (Phi) is 19.6. The highest BCUT2D eigenvalue weighted by atomic mass is 15.4. The van der Waals surface area contributed by atoms with Crippen molar-refractivity contribution < 1.29 is 0 Å². The minimum Gasteiger partial charge on any atom is -0.397 e. The van der Waals surface area contributed by atoms with E-state index in [0.717, 1.165) is 62.2 Å². The third kappa shape index (κ3) is 15.3. The molecular formula is C53H83N5. The first-order chi connectivity index (χ1) is 27.8. The fraction of sp³-hybridized carbons (Fsp3) is 0.604. The fourth-order valence-corrected chi connectivity index (χ4v) is 10.0. The van der Waals surface area contributed by atoms with Crippen molar-refractivity contribution in [2.75, 3.05) is 19.6 Å². The van der Waals surface area contributed by atoms with Crippen molar-refractivity contribution in [3.63, 3.8) is 0 Å². The highest BCUT2D eigenvalue weighted by molar-refractivity contribution is 5.61. The van der Waals surface area contributed by atoms with Gasteiger partial charge in [-0.2, -0.15) is 0 Å². The monoisotopic (exact) mass is 790 g/mol. The SMILES string of the molecule is C=C1CC[C@H](C)C(C[C@H]2CCC(C)[C@@H](C)C2)[C@@H](CCN(CCN(N)/C=C(\N)c2cccnc2)Cc2ccc(C)cc2)C[C@@H](C)C(=C)/C=C/C(C)=C/[C@H](CC)[C@@H](CC)C1. The van der Waals surface area contributed by atoms with Crippen LogP contribution in [0.3, 0.4) is 0 Å². The van der Waals surface area contributed by atoms with Crippen molar-refractivity contribution in [2.24, 2.45) is 64.8 Å². The molecule has 5 nitrogen and oxygen atoms in total. The van der Waals surface area contributed by atoms with Gasteiger partial charge in [0.1, 0.15) is 0 Å².